The van der Waals surface area contributed by atoms with E-state index in [1.165, 1.54) is 16.8 Å². The van der Waals surface area contributed by atoms with Crippen LogP contribution in [0.1, 0.15) is 26.6 Å². The Balaban J connectivity index is 2.04. The van der Waals surface area contributed by atoms with Crippen molar-refractivity contribution in [2.45, 2.75) is 32.9 Å². The molecule has 7 nitrogen and oxygen atoms in total. The van der Waals surface area contributed by atoms with Gasteiger partial charge in [-0.05, 0) is 55.5 Å². The van der Waals surface area contributed by atoms with Gasteiger partial charge in [-0.25, -0.2) is 9.18 Å². The molecule has 0 fully saturated rings. The molecule has 112 valence electrons. The van der Waals surface area contributed by atoms with Crippen LogP contribution in [0.2, 0.25) is 0 Å². The molecule has 1 aromatic carbocycles. The third-order valence-electron chi connectivity index (χ3n) is 2.50. The predicted octanol–water partition coefficient (Wildman–Crippen LogP) is 1.40. The minimum Gasteiger partial charge on any atom is -0.334 e. The smallest absolute Gasteiger partial charge is 0.315 e. The summed E-state index contributed by atoms with van der Waals surface area (Å²) in [6.45, 7) is 5.81. The average Bonchev–Trinajstić information content (AvgIpc) is 2.83. The Hall–Kier alpha value is -2.51. The molecule has 0 unspecified atom stereocenters. The highest BCUT2D eigenvalue weighted by Gasteiger charge is 2.15. The Kier molecular flexibility index (Phi) is 4.15. The van der Waals surface area contributed by atoms with E-state index in [0.717, 1.165) is 0 Å². The third kappa shape index (κ3) is 4.23. The molecule has 0 spiro atoms. The lowest BCUT2D eigenvalue weighted by Gasteiger charge is -2.20. The van der Waals surface area contributed by atoms with E-state index in [1.807, 2.05) is 20.8 Å². The standard InChI is InChI=1S/C13H17FN6O/c1-13(2,3)16-12(21)15-8-11-17-18-19-20(11)10-6-4-9(14)5-7-10/h4-7H,8H2,1-3H3,(H2,15,16,21). The van der Waals surface area contributed by atoms with Gasteiger partial charge in [-0.1, -0.05) is 0 Å². The maximum absolute atomic E-state index is 12.9. The molecular weight excluding hydrogens is 275 g/mol. The summed E-state index contributed by atoms with van der Waals surface area (Å²) in [7, 11) is 0. The van der Waals surface area contributed by atoms with Gasteiger partial charge in [-0.2, -0.15) is 4.68 Å². The molecule has 0 aliphatic heterocycles. The first-order chi connectivity index (χ1) is 9.85. The van der Waals surface area contributed by atoms with Crippen LogP contribution < -0.4 is 10.6 Å². The van der Waals surface area contributed by atoms with Gasteiger partial charge in [0, 0.05) is 5.54 Å². The Morgan fingerprint density at radius 3 is 2.57 bits per heavy atom. The van der Waals surface area contributed by atoms with Crippen molar-refractivity contribution in [1.82, 2.24) is 30.8 Å². The minimum absolute atomic E-state index is 0.159. The largest absolute Gasteiger partial charge is 0.334 e. The number of urea groups is 1. The zero-order chi connectivity index (χ0) is 15.5. The van der Waals surface area contributed by atoms with Crippen molar-refractivity contribution >= 4 is 6.03 Å². The number of rotatable bonds is 3. The number of benzene rings is 1. The van der Waals surface area contributed by atoms with Crippen molar-refractivity contribution < 1.29 is 9.18 Å². The van der Waals surface area contributed by atoms with E-state index < -0.39 is 0 Å². The van der Waals surface area contributed by atoms with Crippen molar-refractivity contribution in [2.24, 2.45) is 0 Å². The second-order valence-electron chi connectivity index (χ2n) is 5.54. The highest BCUT2D eigenvalue weighted by Crippen LogP contribution is 2.09. The number of hydrogen-bond acceptors (Lipinski definition) is 4. The molecule has 1 aromatic heterocycles. The number of nitrogens with one attached hydrogen (secondary N) is 2. The number of carbonyl (C=O) groups excluding carboxylic acids is 1. The summed E-state index contributed by atoms with van der Waals surface area (Å²) in [6, 6.07) is 5.45. The lowest BCUT2D eigenvalue weighted by molar-refractivity contribution is 0.231. The molecule has 2 N–H and O–H groups in total. The number of hydrogen-bond donors (Lipinski definition) is 2. The molecule has 2 aromatic rings. The van der Waals surface area contributed by atoms with Crippen LogP contribution in [0, 0.1) is 5.82 Å². The number of carbonyl (C=O) groups is 1. The summed E-state index contributed by atoms with van der Waals surface area (Å²) in [5.41, 5.74) is 0.293. The van der Waals surface area contributed by atoms with Crippen LogP contribution >= 0.6 is 0 Å². The average molecular weight is 292 g/mol. The fourth-order valence-corrected chi connectivity index (χ4v) is 1.64. The van der Waals surface area contributed by atoms with Crippen molar-refractivity contribution in [3.05, 3.63) is 35.9 Å². The van der Waals surface area contributed by atoms with Crippen LogP contribution in [0.5, 0.6) is 0 Å². The summed E-state index contributed by atoms with van der Waals surface area (Å²) in [5.74, 6) is 0.113. The lowest BCUT2D eigenvalue weighted by Crippen LogP contribution is -2.46. The Morgan fingerprint density at radius 1 is 1.29 bits per heavy atom. The van der Waals surface area contributed by atoms with E-state index in [9.17, 15) is 9.18 Å². The van der Waals surface area contributed by atoms with Gasteiger partial charge in [0.05, 0.1) is 12.2 Å². The number of amides is 2. The van der Waals surface area contributed by atoms with Gasteiger partial charge in [-0.15, -0.1) is 5.10 Å². The zero-order valence-corrected chi connectivity index (χ0v) is 12.1. The second kappa shape index (κ2) is 5.86. The molecule has 0 aliphatic carbocycles. The van der Waals surface area contributed by atoms with E-state index in [2.05, 4.69) is 26.2 Å². The molecule has 21 heavy (non-hydrogen) atoms. The molecule has 8 heteroatoms. The third-order valence-corrected chi connectivity index (χ3v) is 2.50. The highest BCUT2D eigenvalue weighted by molar-refractivity contribution is 5.74. The topological polar surface area (TPSA) is 84.7 Å². The Bertz CT molecular complexity index is 616. The van der Waals surface area contributed by atoms with E-state index in [1.54, 1.807) is 12.1 Å². The lowest BCUT2D eigenvalue weighted by atomic mass is 10.1. The van der Waals surface area contributed by atoms with Crippen LogP contribution in [0.25, 0.3) is 5.69 Å². The maximum Gasteiger partial charge on any atom is 0.315 e. The normalized spacial score (nSPS) is 11.2. The van der Waals surface area contributed by atoms with Gasteiger partial charge in [0.1, 0.15) is 5.82 Å². The Morgan fingerprint density at radius 2 is 1.95 bits per heavy atom. The van der Waals surface area contributed by atoms with Crippen LogP contribution in [-0.4, -0.2) is 31.8 Å². The van der Waals surface area contributed by atoms with Crippen molar-refractivity contribution in [1.29, 1.82) is 0 Å². The van der Waals surface area contributed by atoms with Gasteiger partial charge in [0.25, 0.3) is 0 Å². The first-order valence-corrected chi connectivity index (χ1v) is 6.44. The van der Waals surface area contributed by atoms with E-state index in [-0.39, 0.29) is 23.9 Å². The molecule has 0 saturated heterocycles. The van der Waals surface area contributed by atoms with E-state index in [4.69, 9.17) is 0 Å². The zero-order valence-electron chi connectivity index (χ0n) is 12.1. The maximum atomic E-state index is 12.9. The molecule has 0 radical (unpaired) electrons. The van der Waals surface area contributed by atoms with Gasteiger partial charge >= 0.3 is 6.03 Å². The first kappa shape index (κ1) is 14.9. The van der Waals surface area contributed by atoms with Gasteiger partial charge < -0.3 is 10.6 Å². The van der Waals surface area contributed by atoms with E-state index >= 15 is 0 Å². The molecular formula is C13H17FN6O. The first-order valence-electron chi connectivity index (χ1n) is 6.44. The summed E-state index contributed by atoms with van der Waals surface area (Å²) < 4.78 is 14.4. The fraction of sp³-hybridized carbons (Fsp3) is 0.385. The molecule has 1 heterocycles. The van der Waals surface area contributed by atoms with Crippen molar-refractivity contribution in [2.75, 3.05) is 0 Å². The predicted molar refractivity (Wildman–Crippen MR) is 74.2 cm³/mol. The van der Waals surface area contributed by atoms with Crippen LogP contribution in [0.4, 0.5) is 9.18 Å². The number of aromatic nitrogens is 4. The summed E-state index contributed by atoms with van der Waals surface area (Å²) >= 11 is 0. The number of tetrazole rings is 1. The molecule has 2 amide bonds. The fourth-order valence-electron chi connectivity index (χ4n) is 1.64. The molecule has 0 saturated carbocycles. The Labute approximate surface area is 121 Å². The molecule has 2 rings (SSSR count). The van der Waals surface area contributed by atoms with Gasteiger partial charge in [-0.3, -0.25) is 0 Å². The van der Waals surface area contributed by atoms with E-state index in [0.29, 0.717) is 11.5 Å². The summed E-state index contributed by atoms with van der Waals surface area (Å²) in [4.78, 5) is 11.7. The van der Waals surface area contributed by atoms with Crippen LogP contribution in [0.15, 0.2) is 24.3 Å². The van der Waals surface area contributed by atoms with Crippen LogP contribution in [-0.2, 0) is 6.54 Å². The SMILES string of the molecule is CC(C)(C)NC(=O)NCc1nnnn1-c1ccc(F)cc1. The van der Waals surface area contributed by atoms with Crippen molar-refractivity contribution in [3.8, 4) is 5.69 Å². The second-order valence-corrected chi connectivity index (χ2v) is 5.54. The van der Waals surface area contributed by atoms with Gasteiger partial charge in [0.2, 0.25) is 0 Å². The minimum atomic E-state index is -0.337. The van der Waals surface area contributed by atoms with Crippen LogP contribution in [0.3, 0.4) is 0 Å². The number of halogens is 1. The molecule has 0 bridgehead atoms. The quantitative estimate of drug-likeness (QED) is 0.895. The highest BCUT2D eigenvalue weighted by atomic mass is 19.1. The van der Waals surface area contributed by atoms with Crippen molar-refractivity contribution in [3.63, 3.8) is 0 Å². The summed E-state index contributed by atoms with van der Waals surface area (Å²) in [6.07, 6.45) is 0. The monoisotopic (exact) mass is 292 g/mol. The molecule has 0 atom stereocenters. The van der Waals surface area contributed by atoms with Gasteiger partial charge in [0.15, 0.2) is 5.82 Å². The summed E-state index contributed by atoms with van der Waals surface area (Å²) in [5, 5.41) is 16.7. The molecule has 0 aliphatic rings. The number of nitrogens with zero attached hydrogens (tertiary/aromatic N) is 4.